The standard InChI is InChI=1S/C19H22N2O/c1-2-3-4-7-13-22-16-10-8-9-15(14-16)19-20-17-11-5-6-12-18(17)21-19/h5-6,8-12,14H,2-4,7,13H2,1H3,(H,20,21). The first-order valence-corrected chi connectivity index (χ1v) is 8.05. The first kappa shape index (κ1) is 14.6. The summed E-state index contributed by atoms with van der Waals surface area (Å²) >= 11 is 0. The van der Waals surface area contributed by atoms with Crippen LogP contribution in [-0.2, 0) is 0 Å². The molecule has 3 nitrogen and oxygen atoms in total. The molecule has 1 aromatic heterocycles. The topological polar surface area (TPSA) is 37.9 Å². The predicted octanol–water partition coefficient (Wildman–Crippen LogP) is 5.19. The highest BCUT2D eigenvalue weighted by Crippen LogP contribution is 2.24. The molecule has 1 heterocycles. The number of nitrogens with zero attached hydrogens (tertiary/aromatic N) is 1. The number of ether oxygens (including phenoxy) is 1. The van der Waals surface area contributed by atoms with Crippen molar-refractivity contribution in [2.75, 3.05) is 6.61 Å². The van der Waals surface area contributed by atoms with Gasteiger partial charge in [0, 0.05) is 5.56 Å². The van der Waals surface area contributed by atoms with Crippen molar-refractivity contribution in [3.63, 3.8) is 0 Å². The van der Waals surface area contributed by atoms with Crippen LogP contribution in [0.5, 0.6) is 5.75 Å². The number of aromatic nitrogens is 2. The number of nitrogens with one attached hydrogen (secondary N) is 1. The Morgan fingerprint density at radius 2 is 1.91 bits per heavy atom. The first-order chi connectivity index (χ1) is 10.9. The zero-order valence-electron chi connectivity index (χ0n) is 13.0. The van der Waals surface area contributed by atoms with E-state index >= 15 is 0 Å². The molecule has 22 heavy (non-hydrogen) atoms. The number of unbranched alkanes of at least 4 members (excludes halogenated alkanes) is 3. The van der Waals surface area contributed by atoms with Crippen LogP contribution in [0.2, 0.25) is 0 Å². The lowest BCUT2D eigenvalue weighted by atomic mass is 10.2. The minimum Gasteiger partial charge on any atom is -0.494 e. The highest BCUT2D eigenvalue weighted by atomic mass is 16.5. The van der Waals surface area contributed by atoms with E-state index in [2.05, 4.69) is 29.0 Å². The monoisotopic (exact) mass is 294 g/mol. The smallest absolute Gasteiger partial charge is 0.138 e. The molecule has 0 atom stereocenters. The SMILES string of the molecule is CCCCCCOc1cccc(-c2nc3ccccc3[nH]2)c1. The molecule has 3 rings (SSSR count). The van der Waals surface area contributed by atoms with E-state index in [-0.39, 0.29) is 0 Å². The second kappa shape index (κ2) is 7.12. The van der Waals surface area contributed by atoms with Gasteiger partial charge in [-0.05, 0) is 30.7 Å². The maximum atomic E-state index is 5.85. The number of rotatable bonds is 7. The van der Waals surface area contributed by atoms with Crippen molar-refractivity contribution < 1.29 is 4.74 Å². The van der Waals surface area contributed by atoms with E-state index in [1.54, 1.807) is 0 Å². The second-order valence-electron chi connectivity index (χ2n) is 5.54. The Kier molecular flexibility index (Phi) is 4.74. The van der Waals surface area contributed by atoms with Crippen molar-refractivity contribution in [1.82, 2.24) is 9.97 Å². The third-order valence-electron chi connectivity index (χ3n) is 3.76. The number of hydrogen-bond acceptors (Lipinski definition) is 2. The second-order valence-corrected chi connectivity index (χ2v) is 5.54. The fourth-order valence-corrected chi connectivity index (χ4v) is 2.54. The van der Waals surface area contributed by atoms with Crippen LogP contribution in [0.3, 0.4) is 0 Å². The summed E-state index contributed by atoms with van der Waals surface area (Å²) in [5.41, 5.74) is 3.11. The molecule has 0 aliphatic heterocycles. The number of aromatic amines is 1. The lowest BCUT2D eigenvalue weighted by Crippen LogP contribution is -1.97. The van der Waals surface area contributed by atoms with Gasteiger partial charge in [0.15, 0.2) is 0 Å². The molecule has 0 aliphatic carbocycles. The number of imidazole rings is 1. The summed E-state index contributed by atoms with van der Waals surface area (Å²) in [6.45, 7) is 3.00. The van der Waals surface area contributed by atoms with Crippen LogP contribution in [0.1, 0.15) is 32.6 Å². The Morgan fingerprint density at radius 3 is 2.77 bits per heavy atom. The van der Waals surface area contributed by atoms with Gasteiger partial charge in [-0.25, -0.2) is 4.98 Å². The molecule has 2 aromatic carbocycles. The molecule has 0 saturated heterocycles. The van der Waals surface area contributed by atoms with Gasteiger partial charge in [-0.3, -0.25) is 0 Å². The fourth-order valence-electron chi connectivity index (χ4n) is 2.54. The van der Waals surface area contributed by atoms with E-state index in [4.69, 9.17) is 4.74 Å². The van der Waals surface area contributed by atoms with Gasteiger partial charge < -0.3 is 9.72 Å². The number of para-hydroxylation sites is 2. The summed E-state index contributed by atoms with van der Waals surface area (Å²) in [6, 6.07) is 16.2. The molecule has 0 amide bonds. The largest absolute Gasteiger partial charge is 0.494 e. The summed E-state index contributed by atoms with van der Waals surface area (Å²) in [6.07, 6.45) is 4.88. The normalized spacial score (nSPS) is 11.0. The maximum absolute atomic E-state index is 5.85. The van der Waals surface area contributed by atoms with E-state index in [0.29, 0.717) is 0 Å². The van der Waals surface area contributed by atoms with Crippen molar-refractivity contribution in [3.8, 4) is 17.1 Å². The van der Waals surface area contributed by atoms with Gasteiger partial charge in [-0.2, -0.15) is 0 Å². The van der Waals surface area contributed by atoms with E-state index in [9.17, 15) is 0 Å². The van der Waals surface area contributed by atoms with Gasteiger partial charge in [-0.15, -0.1) is 0 Å². The number of benzene rings is 2. The minimum atomic E-state index is 0.781. The predicted molar refractivity (Wildman–Crippen MR) is 91.2 cm³/mol. The average molecular weight is 294 g/mol. The lowest BCUT2D eigenvalue weighted by molar-refractivity contribution is 0.305. The molecule has 0 spiro atoms. The Morgan fingerprint density at radius 1 is 1.00 bits per heavy atom. The van der Waals surface area contributed by atoms with Gasteiger partial charge in [-0.1, -0.05) is 50.5 Å². The Bertz CT molecular complexity index is 700. The summed E-state index contributed by atoms with van der Waals surface area (Å²) < 4.78 is 5.85. The van der Waals surface area contributed by atoms with Crippen LogP contribution in [0.15, 0.2) is 48.5 Å². The first-order valence-electron chi connectivity index (χ1n) is 8.05. The van der Waals surface area contributed by atoms with Crippen LogP contribution in [-0.4, -0.2) is 16.6 Å². The highest BCUT2D eigenvalue weighted by molar-refractivity contribution is 5.79. The number of hydrogen-bond donors (Lipinski definition) is 1. The summed E-state index contributed by atoms with van der Waals surface area (Å²) in [4.78, 5) is 7.99. The zero-order valence-corrected chi connectivity index (χ0v) is 13.0. The third kappa shape index (κ3) is 3.48. The highest BCUT2D eigenvalue weighted by Gasteiger charge is 2.05. The maximum Gasteiger partial charge on any atom is 0.138 e. The van der Waals surface area contributed by atoms with Gasteiger partial charge in [0.25, 0.3) is 0 Å². The fraction of sp³-hybridized carbons (Fsp3) is 0.316. The quantitative estimate of drug-likeness (QED) is 0.609. The van der Waals surface area contributed by atoms with Crippen LogP contribution in [0, 0.1) is 0 Å². The van der Waals surface area contributed by atoms with Gasteiger partial charge in [0.05, 0.1) is 17.6 Å². The minimum absolute atomic E-state index is 0.781. The van der Waals surface area contributed by atoms with E-state index in [0.717, 1.165) is 41.2 Å². The van der Waals surface area contributed by atoms with Crippen molar-refractivity contribution >= 4 is 11.0 Å². The van der Waals surface area contributed by atoms with Crippen molar-refractivity contribution in [1.29, 1.82) is 0 Å². The molecule has 114 valence electrons. The molecular weight excluding hydrogens is 272 g/mol. The van der Waals surface area contributed by atoms with Crippen molar-refractivity contribution in [3.05, 3.63) is 48.5 Å². The Balaban J connectivity index is 1.70. The summed E-state index contributed by atoms with van der Waals surface area (Å²) in [7, 11) is 0. The Hall–Kier alpha value is -2.29. The molecule has 3 aromatic rings. The van der Waals surface area contributed by atoms with Crippen LogP contribution >= 0.6 is 0 Å². The van der Waals surface area contributed by atoms with E-state index < -0.39 is 0 Å². The molecule has 0 radical (unpaired) electrons. The molecule has 0 fully saturated rings. The molecule has 0 bridgehead atoms. The van der Waals surface area contributed by atoms with Crippen molar-refractivity contribution in [2.24, 2.45) is 0 Å². The van der Waals surface area contributed by atoms with Gasteiger partial charge in [0.2, 0.25) is 0 Å². The number of fused-ring (bicyclic) bond motifs is 1. The zero-order chi connectivity index (χ0) is 15.2. The Labute approximate surface area is 131 Å². The molecule has 0 saturated carbocycles. The molecule has 0 aliphatic rings. The van der Waals surface area contributed by atoms with E-state index in [1.165, 1.54) is 19.3 Å². The average Bonchev–Trinajstić information content (AvgIpc) is 2.99. The van der Waals surface area contributed by atoms with Crippen LogP contribution in [0.25, 0.3) is 22.4 Å². The van der Waals surface area contributed by atoms with Crippen LogP contribution in [0.4, 0.5) is 0 Å². The van der Waals surface area contributed by atoms with Gasteiger partial charge >= 0.3 is 0 Å². The van der Waals surface area contributed by atoms with E-state index in [1.807, 2.05) is 36.4 Å². The molecule has 3 heteroatoms. The van der Waals surface area contributed by atoms with Crippen LogP contribution < -0.4 is 4.74 Å². The molecular formula is C19H22N2O. The third-order valence-corrected chi connectivity index (χ3v) is 3.76. The van der Waals surface area contributed by atoms with Gasteiger partial charge in [0.1, 0.15) is 11.6 Å². The molecule has 0 unspecified atom stereocenters. The summed E-state index contributed by atoms with van der Waals surface area (Å²) in [5, 5.41) is 0. The number of H-pyrrole nitrogens is 1. The van der Waals surface area contributed by atoms with Crippen molar-refractivity contribution in [2.45, 2.75) is 32.6 Å². The molecule has 1 N–H and O–H groups in total. The lowest BCUT2D eigenvalue weighted by Gasteiger charge is -2.07. The summed E-state index contributed by atoms with van der Waals surface area (Å²) in [5.74, 6) is 1.80.